The van der Waals surface area contributed by atoms with E-state index in [9.17, 15) is 9.90 Å². The molecule has 3 N–H and O–H groups in total. The average molecular weight is 250 g/mol. The van der Waals surface area contributed by atoms with Crippen LogP contribution in [0.25, 0.3) is 0 Å². The summed E-state index contributed by atoms with van der Waals surface area (Å²) in [5.74, 6) is 0. The van der Waals surface area contributed by atoms with Crippen molar-refractivity contribution in [1.82, 2.24) is 10.2 Å². The molecule has 5 nitrogen and oxygen atoms in total. The van der Waals surface area contributed by atoms with Crippen LogP contribution in [-0.2, 0) is 6.54 Å². The lowest BCUT2D eigenvalue weighted by Crippen LogP contribution is -2.40. The smallest absolute Gasteiger partial charge is 0.407 e. The number of aliphatic hydroxyl groups excluding tert-OH is 1. The lowest BCUT2D eigenvalue weighted by atomic mass is 10.1. The van der Waals surface area contributed by atoms with Gasteiger partial charge in [0.2, 0.25) is 0 Å². The zero-order valence-electron chi connectivity index (χ0n) is 10.1. The summed E-state index contributed by atoms with van der Waals surface area (Å²) in [5, 5.41) is 21.5. The van der Waals surface area contributed by atoms with Gasteiger partial charge in [0.25, 0.3) is 0 Å². The van der Waals surface area contributed by atoms with Crippen molar-refractivity contribution in [2.75, 3.05) is 13.2 Å². The first-order chi connectivity index (χ1) is 8.70. The highest BCUT2D eigenvalue weighted by atomic mass is 16.4. The maximum absolute atomic E-state index is 11.3. The molecular weight excluding hydrogens is 232 g/mol. The highest BCUT2D eigenvalue weighted by molar-refractivity contribution is 5.65. The van der Waals surface area contributed by atoms with Crippen LogP contribution in [0, 0.1) is 0 Å². The molecule has 0 spiro atoms. The number of nitrogens with one attached hydrogen (secondary N) is 1. The molecule has 1 aromatic rings. The summed E-state index contributed by atoms with van der Waals surface area (Å²) in [6, 6.07) is 9.49. The van der Waals surface area contributed by atoms with Crippen molar-refractivity contribution in [1.29, 1.82) is 0 Å². The summed E-state index contributed by atoms with van der Waals surface area (Å²) in [5.41, 5.74) is 0.979. The minimum Gasteiger partial charge on any atom is -0.465 e. The Hall–Kier alpha value is -1.59. The fourth-order valence-electron chi connectivity index (χ4n) is 2.31. The van der Waals surface area contributed by atoms with Gasteiger partial charge in [-0.1, -0.05) is 30.3 Å². The van der Waals surface area contributed by atoms with Crippen molar-refractivity contribution in [3.05, 3.63) is 35.9 Å². The van der Waals surface area contributed by atoms with E-state index in [0.717, 1.165) is 5.56 Å². The Morgan fingerprint density at radius 1 is 1.39 bits per heavy atom. The molecule has 98 valence electrons. The summed E-state index contributed by atoms with van der Waals surface area (Å²) in [6.07, 6.45) is -0.250. The van der Waals surface area contributed by atoms with Crippen molar-refractivity contribution in [3.63, 3.8) is 0 Å². The molecule has 18 heavy (non-hydrogen) atoms. The van der Waals surface area contributed by atoms with Crippen LogP contribution < -0.4 is 5.32 Å². The van der Waals surface area contributed by atoms with Gasteiger partial charge in [-0.3, -0.25) is 4.90 Å². The molecule has 2 atom stereocenters. The van der Waals surface area contributed by atoms with Gasteiger partial charge in [-0.05, 0) is 12.0 Å². The second-order valence-electron chi connectivity index (χ2n) is 4.57. The van der Waals surface area contributed by atoms with E-state index in [4.69, 9.17) is 5.11 Å². The molecule has 0 radical (unpaired) electrons. The standard InChI is InChI=1S/C13H18N2O3/c16-9-11-6-12(7-14-11)15(13(17)18)8-10-4-2-1-3-5-10/h1-5,11-12,14,16H,6-9H2,(H,17,18)/t11-,12-/m1/s1. The van der Waals surface area contributed by atoms with Gasteiger partial charge in [0.1, 0.15) is 0 Å². The molecule has 1 saturated heterocycles. The Morgan fingerprint density at radius 2 is 2.11 bits per heavy atom. The Balaban J connectivity index is 2.03. The predicted molar refractivity (Wildman–Crippen MR) is 67.3 cm³/mol. The minimum absolute atomic E-state index is 0.00706. The van der Waals surface area contributed by atoms with Crippen LogP contribution in [0.2, 0.25) is 0 Å². The number of carbonyl (C=O) groups is 1. The number of benzene rings is 1. The van der Waals surface area contributed by atoms with Crippen molar-refractivity contribution in [3.8, 4) is 0 Å². The van der Waals surface area contributed by atoms with Gasteiger partial charge in [0, 0.05) is 25.2 Å². The van der Waals surface area contributed by atoms with E-state index in [1.807, 2.05) is 30.3 Å². The third kappa shape index (κ3) is 3.00. The van der Waals surface area contributed by atoms with Crippen LogP contribution in [0.5, 0.6) is 0 Å². The molecule has 1 amide bonds. The van der Waals surface area contributed by atoms with E-state index >= 15 is 0 Å². The van der Waals surface area contributed by atoms with Crippen LogP contribution in [0.3, 0.4) is 0 Å². The summed E-state index contributed by atoms with van der Waals surface area (Å²) in [7, 11) is 0. The van der Waals surface area contributed by atoms with E-state index in [1.165, 1.54) is 4.90 Å². The first-order valence-electron chi connectivity index (χ1n) is 6.08. The van der Waals surface area contributed by atoms with Gasteiger partial charge in [-0.15, -0.1) is 0 Å². The number of hydrogen-bond acceptors (Lipinski definition) is 3. The third-order valence-electron chi connectivity index (χ3n) is 3.30. The zero-order chi connectivity index (χ0) is 13.0. The van der Waals surface area contributed by atoms with E-state index in [1.54, 1.807) is 0 Å². The molecule has 1 aromatic carbocycles. The number of carboxylic acid groups (broad SMARTS) is 1. The number of hydrogen-bond donors (Lipinski definition) is 3. The van der Waals surface area contributed by atoms with Gasteiger partial charge in [0.05, 0.1) is 6.61 Å². The number of rotatable bonds is 4. The topological polar surface area (TPSA) is 72.8 Å². The van der Waals surface area contributed by atoms with Crippen LogP contribution in [0.4, 0.5) is 4.79 Å². The van der Waals surface area contributed by atoms with Gasteiger partial charge in [0.15, 0.2) is 0 Å². The Morgan fingerprint density at radius 3 is 2.67 bits per heavy atom. The summed E-state index contributed by atoms with van der Waals surface area (Å²) in [4.78, 5) is 12.8. The van der Waals surface area contributed by atoms with E-state index in [2.05, 4.69) is 5.32 Å². The lowest BCUT2D eigenvalue weighted by molar-refractivity contribution is 0.123. The van der Waals surface area contributed by atoms with Crippen molar-refractivity contribution >= 4 is 6.09 Å². The molecule has 0 aliphatic carbocycles. The monoisotopic (exact) mass is 250 g/mol. The SMILES string of the molecule is O=C(O)N(Cc1ccccc1)[C@H]1CN[C@@H](CO)C1. The molecule has 1 heterocycles. The largest absolute Gasteiger partial charge is 0.465 e. The summed E-state index contributed by atoms with van der Waals surface area (Å²) >= 11 is 0. The van der Waals surface area contributed by atoms with Crippen LogP contribution in [0.15, 0.2) is 30.3 Å². The maximum Gasteiger partial charge on any atom is 0.407 e. The van der Waals surface area contributed by atoms with Crippen LogP contribution >= 0.6 is 0 Å². The van der Waals surface area contributed by atoms with Crippen molar-refractivity contribution in [2.45, 2.75) is 25.0 Å². The third-order valence-corrected chi connectivity index (χ3v) is 3.30. The highest BCUT2D eigenvalue weighted by Gasteiger charge is 2.31. The molecular formula is C13H18N2O3. The molecule has 1 aliphatic heterocycles. The summed E-state index contributed by atoms with van der Waals surface area (Å²) < 4.78 is 0. The minimum atomic E-state index is -0.913. The fourth-order valence-corrected chi connectivity index (χ4v) is 2.31. The average Bonchev–Trinajstić information content (AvgIpc) is 2.85. The molecule has 0 aromatic heterocycles. The number of aliphatic hydroxyl groups is 1. The van der Waals surface area contributed by atoms with E-state index in [0.29, 0.717) is 19.5 Å². The van der Waals surface area contributed by atoms with Gasteiger partial charge < -0.3 is 15.5 Å². The van der Waals surface area contributed by atoms with Gasteiger partial charge in [-0.2, -0.15) is 0 Å². The molecule has 0 unspecified atom stereocenters. The van der Waals surface area contributed by atoms with Crippen LogP contribution in [0.1, 0.15) is 12.0 Å². The van der Waals surface area contributed by atoms with Crippen molar-refractivity contribution < 1.29 is 15.0 Å². The molecule has 5 heteroatoms. The van der Waals surface area contributed by atoms with Gasteiger partial charge in [-0.25, -0.2) is 4.79 Å². The quantitative estimate of drug-likeness (QED) is 0.742. The molecule has 2 rings (SSSR count). The van der Waals surface area contributed by atoms with E-state index < -0.39 is 6.09 Å². The zero-order valence-corrected chi connectivity index (χ0v) is 10.1. The Labute approximate surface area is 106 Å². The maximum atomic E-state index is 11.3. The first-order valence-corrected chi connectivity index (χ1v) is 6.08. The first kappa shape index (κ1) is 12.9. The molecule has 0 saturated carbocycles. The van der Waals surface area contributed by atoms with E-state index in [-0.39, 0.29) is 18.7 Å². The second kappa shape index (κ2) is 5.84. The highest BCUT2D eigenvalue weighted by Crippen LogP contribution is 2.16. The Bertz CT molecular complexity index is 396. The normalized spacial score (nSPS) is 22.9. The summed E-state index contributed by atoms with van der Waals surface area (Å²) in [6.45, 7) is 1.04. The van der Waals surface area contributed by atoms with Crippen molar-refractivity contribution in [2.24, 2.45) is 0 Å². The number of nitrogens with zero attached hydrogens (tertiary/aromatic N) is 1. The van der Waals surface area contributed by atoms with Crippen LogP contribution in [-0.4, -0.2) is 46.4 Å². The number of amides is 1. The molecule has 1 fully saturated rings. The fraction of sp³-hybridized carbons (Fsp3) is 0.462. The molecule has 0 bridgehead atoms. The second-order valence-corrected chi connectivity index (χ2v) is 4.57. The lowest BCUT2D eigenvalue weighted by Gasteiger charge is -2.25. The predicted octanol–water partition coefficient (Wildman–Crippen LogP) is 0.889. The van der Waals surface area contributed by atoms with Gasteiger partial charge >= 0.3 is 6.09 Å². The molecule has 1 aliphatic rings. The Kier molecular flexibility index (Phi) is 4.17.